The molecule has 0 saturated carbocycles. The summed E-state index contributed by atoms with van der Waals surface area (Å²) in [6.45, 7) is 2.02. The van der Waals surface area contributed by atoms with E-state index in [9.17, 15) is 4.79 Å². The number of carbonyl (C=O) groups excluding carboxylic acids is 1. The monoisotopic (exact) mass is 235 g/mol. The summed E-state index contributed by atoms with van der Waals surface area (Å²) in [5.41, 5.74) is 2.17. The fraction of sp³-hybridized carbons (Fsp3) is 0.308. The van der Waals surface area contributed by atoms with E-state index in [0.717, 1.165) is 27.8 Å². The second kappa shape index (κ2) is 4.30. The smallest absolute Gasteiger partial charge is 0.120 e. The Morgan fingerprint density at radius 1 is 1.44 bits per heavy atom. The van der Waals surface area contributed by atoms with Crippen LogP contribution in [0, 0.1) is 0 Å². The van der Waals surface area contributed by atoms with Crippen molar-refractivity contribution in [3.05, 3.63) is 35.0 Å². The lowest BCUT2D eigenvalue weighted by Crippen LogP contribution is -1.96. The summed E-state index contributed by atoms with van der Waals surface area (Å²) in [7, 11) is 1.99. The molecular formula is C13H14ClNO. The van der Waals surface area contributed by atoms with Gasteiger partial charge < -0.3 is 9.36 Å². The van der Waals surface area contributed by atoms with E-state index in [1.807, 2.05) is 36.9 Å². The minimum Gasteiger partial charge on any atom is -0.351 e. The van der Waals surface area contributed by atoms with Crippen molar-refractivity contribution in [3.8, 4) is 0 Å². The van der Waals surface area contributed by atoms with Crippen LogP contribution in [-0.4, -0.2) is 10.9 Å². The molecule has 0 fully saturated rings. The van der Waals surface area contributed by atoms with Gasteiger partial charge in [0.2, 0.25) is 0 Å². The largest absolute Gasteiger partial charge is 0.351 e. The highest BCUT2D eigenvalue weighted by atomic mass is 35.5. The SMILES string of the molecule is CC(CC=O)c1ccc2c(ccn2C)c1Cl. The lowest BCUT2D eigenvalue weighted by atomic mass is 9.97. The molecule has 3 heteroatoms. The van der Waals surface area contributed by atoms with Crippen LogP contribution in [0.1, 0.15) is 24.8 Å². The van der Waals surface area contributed by atoms with Gasteiger partial charge in [-0.3, -0.25) is 0 Å². The summed E-state index contributed by atoms with van der Waals surface area (Å²) in [5, 5.41) is 1.83. The van der Waals surface area contributed by atoms with Crippen LogP contribution >= 0.6 is 11.6 Å². The van der Waals surface area contributed by atoms with Crippen molar-refractivity contribution in [3.63, 3.8) is 0 Å². The van der Waals surface area contributed by atoms with Gasteiger partial charge in [0, 0.05) is 30.6 Å². The Bertz CT molecular complexity index is 530. The van der Waals surface area contributed by atoms with E-state index in [1.54, 1.807) is 0 Å². The maximum absolute atomic E-state index is 10.5. The first-order valence-electron chi connectivity index (χ1n) is 5.32. The topological polar surface area (TPSA) is 22.0 Å². The quantitative estimate of drug-likeness (QED) is 0.746. The zero-order chi connectivity index (χ0) is 11.7. The second-order valence-electron chi connectivity index (χ2n) is 4.13. The van der Waals surface area contributed by atoms with Crippen molar-refractivity contribution < 1.29 is 4.79 Å². The Balaban J connectivity index is 2.56. The number of hydrogen-bond donors (Lipinski definition) is 0. The van der Waals surface area contributed by atoms with E-state index in [4.69, 9.17) is 11.6 Å². The number of rotatable bonds is 3. The molecule has 1 atom stereocenters. The number of halogens is 1. The van der Waals surface area contributed by atoms with Gasteiger partial charge in [-0.25, -0.2) is 0 Å². The molecule has 2 rings (SSSR count). The summed E-state index contributed by atoms with van der Waals surface area (Å²) >= 11 is 6.36. The Morgan fingerprint density at radius 3 is 2.88 bits per heavy atom. The van der Waals surface area contributed by atoms with Gasteiger partial charge in [0.25, 0.3) is 0 Å². The van der Waals surface area contributed by atoms with Crippen molar-refractivity contribution >= 4 is 28.8 Å². The summed E-state index contributed by atoms with van der Waals surface area (Å²) in [5.74, 6) is 0.176. The molecule has 2 nitrogen and oxygen atoms in total. The number of aromatic nitrogens is 1. The van der Waals surface area contributed by atoms with Gasteiger partial charge in [0.15, 0.2) is 0 Å². The van der Waals surface area contributed by atoms with Crippen molar-refractivity contribution in [2.24, 2.45) is 7.05 Å². The van der Waals surface area contributed by atoms with Crippen molar-refractivity contribution in [2.75, 3.05) is 0 Å². The zero-order valence-electron chi connectivity index (χ0n) is 9.40. The molecule has 0 spiro atoms. The van der Waals surface area contributed by atoms with Gasteiger partial charge in [0.1, 0.15) is 6.29 Å². The lowest BCUT2D eigenvalue weighted by molar-refractivity contribution is -0.108. The molecule has 0 N–H and O–H groups in total. The van der Waals surface area contributed by atoms with Gasteiger partial charge in [-0.05, 0) is 23.6 Å². The number of aryl methyl sites for hydroxylation is 1. The highest BCUT2D eigenvalue weighted by Crippen LogP contribution is 2.33. The number of benzene rings is 1. The second-order valence-corrected chi connectivity index (χ2v) is 4.51. The summed E-state index contributed by atoms with van der Waals surface area (Å²) in [4.78, 5) is 10.5. The molecule has 0 radical (unpaired) electrons. The maximum atomic E-state index is 10.5. The van der Waals surface area contributed by atoms with Crippen LogP contribution in [0.5, 0.6) is 0 Å². The van der Waals surface area contributed by atoms with Gasteiger partial charge in [-0.15, -0.1) is 0 Å². The standard InChI is InChI=1S/C13H14ClNO/c1-9(6-8-16)10-3-4-12-11(13(10)14)5-7-15(12)2/h3-5,7-9H,6H2,1-2H3. The Morgan fingerprint density at radius 2 is 2.19 bits per heavy atom. The van der Waals surface area contributed by atoms with Crippen LogP contribution in [0.2, 0.25) is 5.02 Å². The highest BCUT2D eigenvalue weighted by Gasteiger charge is 2.12. The first kappa shape index (κ1) is 11.2. The van der Waals surface area contributed by atoms with Crippen LogP contribution in [0.4, 0.5) is 0 Å². The fourth-order valence-electron chi connectivity index (χ4n) is 1.98. The van der Waals surface area contributed by atoms with E-state index in [-0.39, 0.29) is 5.92 Å². The van der Waals surface area contributed by atoms with E-state index in [2.05, 4.69) is 6.07 Å². The van der Waals surface area contributed by atoms with Crippen molar-refractivity contribution in [2.45, 2.75) is 19.3 Å². The van der Waals surface area contributed by atoms with Gasteiger partial charge in [-0.1, -0.05) is 24.6 Å². The molecule has 0 aliphatic rings. The van der Waals surface area contributed by atoms with Crippen LogP contribution in [-0.2, 0) is 11.8 Å². The van der Waals surface area contributed by atoms with E-state index >= 15 is 0 Å². The normalized spacial score (nSPS) is 12.9. The number of carbonyl (C=O) groups is 1. The van der Waals surface area contributed by atoms with Crippen molar-refractivity contribution in [1.29, 1.82) is 0 Å². The van der Waals surface area contributed by atoms with E-state index < -0.39 is 0 Å². The third-order valence-electron chi connectivity index (χ3n) is 3.01. The first-order valence-corrected chi connectivity index (χ1v) is 5.70. The molecule has 16 heavy (non-hydrogen) atoms. The van der Waals surface area contributed by atoms with E-state index in [0.29, 0.717) is 6.42 Å². The van der Waals surface area contributed by atoms with Gasteiger partial charge in [0.05, 0.1) is 5.02 Å². The molecule has 84 valence electrons. The third-order valence-corrected chi connectivity index (χ3v) is 3.43. The Labute approximate surface area is 99.8 Å². The number of nitrogens with zero attached hydrogens (tertiary/aromatic N) is 1. The molecule has 2 aromatic rings. The van der Waals surface area contributed by atoms with Crippen LogP contribution in [0.15, 0.2) is 24.4 Å². The van der Waals surface area contributed by atoms with E-state index in [1.165, 1.54) is 0 Å². The highest BCUT2D eigenvalue weighted by molar-refractivity contribution is 6.36. The predicted octanol–water partition coefficient (Wildman–Crippen LogP) is 3.52. The Kier molecular flexibility index (Phi) is 3.01. The predicted molar refractivity (Wildman–Crippen MR) is 67.0 cm³/mol. The molecule has 1 heterocycles. The summed E-state index contributed by atoms with van der Waals surface area (Å²) in [6, 6.07) is 6.07. The molecule has 1 aromatic carbocycles. The van der Waals surface area contributed by atoms with Crippen LogP contribution in [0.3, 0.4) is 0 Å². The number of aldehydes is 1. The molecular weight excluding hydrogens is 222 g/mol. The average molecular weight is 236 g/mol. The van der Waals surface area contributed by atoms with Crippen LogP contribution in [0.25, 0.3) is 10.9 Å². The number of fused-ring (bicyclic) bond motifs is 1. The fourth-order valence-corrected chi connectivity index (χ4v) is 2.39. The molecule has 0 saturated heterocycles. The lowest BCUT2D eigenvalue weighted by Gasteiger charge is -2.11. The Hall–Kier alpha value is -1.28. The molecule has 0 aliphatic heterocycles. The summed E-state index contributed by atoms with van der Waals surface area (Å²) in [6.07, 6.45) is 3.44. The summed E-state index contributed by atoms with van der Waals surface area (Å²) < 4.78 is 2.04. The molecule has 0 bridgehead atoms. The van der Waals surface area contributed by atoms with Gasteiger partial charge >= 0.3 is 0 Å². The zero-order valence-corrected chi connectivity index (χ0v) is 10.2. The molecule has 0 aliphatic carbocycles. The van der Waals surface area contributed by atoms with Gasteiger partial charge in [-0.2, -0.15) is 0 Å². The molecule has 1 aromatic heterocycles. The molecule has 0 amide bonds. The minimum absolute atomic E-state index is 0.176. The third kappa shape index (κ3) is 1.74. The van der Waals surface area contributed by atoms with Crippen molar-refractivity contribution in [1.82, 2.24) is 4.57 Å². The van der Waals surface area contributed by atoms with Crippen LogP contribution < -0.4 is 0 Å². The molecule has 1 unspecified atom stereocenters. The average Bonchev–Trinajstić information content (AvgIpc) is 2.62. The first-order chi connectivity index (χ1) is 7.65. The number of hydrogen-bond acceptors (Lipinski definition) is 1. The minimum atomic E-state index is 0.176. The maximum Gasteiger partial charge on any atom is 0.120 e.